The summed E-state index contributed by atoms with van der Waals surface area (Å²) in [4.78, 5) is 14.6. The Morgan fingerprint density at radius 3 is 2.63 bits per heavy atom. The average Bonchev–Trinajstić information content (AvgIpc) is 2.47. The van der Waals surface area contributed by atoms with E-state index in [1.54, 1.807) is 11.8 Å². The van der Waals surface area contributed by atoms with E-state index in [0.29, 0.717) is 6.61 Å². The van der Waals surface area contributed by atoms with Crippen LogP contribution in [0.25, 0.3) is 0 Å². The standard InChI is InChI=1S/C15H21NO2S/c1-15(2,11-17)16-8-9-18-14(10-16)12-4-6-13(19-3)7-5-12/h4-7,11,14H,8-10H2,1-3H3. The summed E-state index contributed by atoms with van der Waals surface area (Å²) in [6, 6.07) is 8.47. The highest BCUT2D eigenvalue weighted by Crippen LogP contribution is 2.27. The lowest BCUT2D eigenvalue weighted by Crippen LogP contribution is -2.51. The van der Waals surface area contributed by atoms with E-state index >= 15 is 0 Å². The molecule has 2 rings (SSSR count). The molecule has 0 aromatic heterocycles. The summed E-state index contributed by atoms with van der Waals surface area (Å²) in [5.74, 6) is 0. The number of hydrogen-bond acceptors (Lipinski definition) is 4. The van der Waals surface area contributed by atoms with E-state index in [1.807, 2.05) is 13.8 Å². The van der Waals surface area contributed by atoms with E-state index in [2.05, 4.69) is 35.4 Å². The van der Waals surface area contributed by atoms with Crippen molar-refractivity contribution in [3.8, 4) is 0 Å². The van der Waals surface area contributed by atoms with Gasteiger partial charge in [-0.3, -0.25) is 4.90 Å². The van der Waals surface area contributed by atoms with E-state index in [-0.39, 0.29) is 6.10 Å². The normalized spacial score (nSPS) is 21.3. The summed E-state index contributed by atoms with van der Waals surface area (Å²) in [6.07, 6.45) is 3.15. The van der Waals surface area contributed by atoms with Crippen molar-refractivity contribution in [2.75, 3.05) is 26.0 Å². The molecule has 104 valence electrons. The summed E-state index contributed by atoms with van der Waals surface area (Å²) in [5.41, 5.74) is 0.769. The molecule has 0 amide bonds. The molecule has 1 aromatic carbocycles. The Morgan fingerprint density at radius 1 is 1.37 bits per heavy atom. The zero-order valence-electron chi connectivity index (χ0n) is 11.8. The number of nitrogens with zero attached hydrogens (tertiary/aromatic N) is 1. The van der Waals surface area contributed by atoms with Crippen LogP contribution in [0.15, 0.2) is 29.2 Å². The first-order chi connectivity index (χ1) is 9.06. The number of hydrogen-bond donors (Lipinski definition) is 0. The fraction of sp³-hybridized carbons (Fsp3) is 0.533. The lowest BCUT2D eigenvalue weighted by atomic mass is 10.0. The summed E-state index contributed by atoms with van der Waals surface area (Å²) >= 11 is 1.74. The van der Waals surface area contributed by atoms with Crippen molar-refractivity contribution in [2.45, 2.75) is 30.4 Å². The first-order valence-electron chi connectivity index (χ1n) is 6.54. The second kappa shape index (κ2) is 6.07. The Kier molecular flexibility index (Phi) is 4.66. The van der Waals surface area contributed by atoms with Crippen LogP contribution < -0.4 is 0 Å². The van der Waals surface area contributed by atoms with Gasteiger partial charge in [-0.1, -0.05) is 12.1 Å². The highest BCUT2D eigenvalue weighted by atomic mass is 32.2. The molecule has 1 unspecified atom stereocenters. The number of carbonyl (C=O) groups is 1. The maximum Gasteiger partial charge on any atom is 0.139 e. The predicted octanol–water partition coefficient (Wildman–Crippen LogP) is 2.76. The van der Waals surface area contributed by atoms with Crippen molar-refractivity contribution in [3.05, 3.63) is 29.8 Å². The van der Waals surface area contributed by atoms with Crippen LogP contribution in [-0.2, 0) is 9.53 Å². The maximum absolute atomic E-state index is 11.2. The van der Waals surface area contributed by atoms with Crippen LogP contribution in [0.1, 0.15) is 25.5 Å². The molecule has 1 saturated heterocycles. The van der Waals surface area contributed by atoms with Gasteiger partial charge in [-0.2, -0.15) is 0 Å². The number of thioether (sulfide) groups is 1. The SMILES string of the molecule is CSc1ccc(C2CN(C(C)(C)C=O)CCO2)cc1. The first-order valence-corrected chi connectivity index (χ1v) is 7.76. The number of aldehydes is 1. The number of morpholine rings is 1. The molecule has 1 aliphatic rings. The first kappa shape index (κ1) is 14.6. The highest BCUT2D eigenvalue weighted by molar-refractivity contribution is 7.98. The molecule has 1 aromatic rings. The van der Waals surface area contributed by atoms with Crippen LogP contribution in [0.4, 0.5) is 0 Å². The second-order valence-electron chi connectivity index (χ2n) is 5.35. The van der Waals surface area contributed by atoms with Gasteiger partial charge in [0.25, 0.3) is 0 Å². The highest BCUT2D eigenvalue weighted by Gasteiger charge is 2.32. The van der Waals surface area contributed by atoms with Gasteiger partial charge in [-0.05, 0) is 37.8 Å². The molecule has 0 N–H and O–H groups in total. The topological polar surface area (TPSA) is 29.5 Å². The lowest BCUT2D eigenvalue weighted by molar-refractivity contribution is -0.123. The van der Waals surface area contributed by atoms with Gasteiger partial charge in [-0.25, -0.2) is 0 Å². The van der Waals surface area contributed by atoms with Crippen LogP contribution in [-0.4, -0.2) is 42.7 Å². The third-order valence-corrected chi connectivity index (χ3v) is 4.40. The van der Waals surface area contributed by atoms with Gasteiger partial charge in [-0.15, -0.1) is 11.8 Å². The Balaban J connectivity index is 2.10. The molecule has 0 saturated carbocycles. The largest absolute Gasteiger partial charge is 0.371 e. The molecule has 0 radical (unpaired) electrons. The Labute approximate surface area is 119 Å². The fourth-order valence-corrected chi connectivity index (χ4v) is 2.68. The molecule has 4 heteroatoms. The Hall–Kier alpha value is -0.840. The van der Waals surface area contributed by atoms with Gasteiger partial charge < -0.3 is 9.53 Å². The minimum Gasteiger partial charge on any atom is -0.371 e. The minimum atomic E-state index is -0.415. The summed E-state index contributed by atoms with van der Waals surface area (Å²) in [7, 11) is 0. The van der Waals surface area contributed by atoms with Crippen LogP contribution in [0, 0.1) is 0 Å². The molecule has 19 heavy (non-hydrogen) atoms. The van der Waals surface area contributed by atoms with Gasteiger partial charge >= 0.3 is 0 Å². The fourth-order valence-electron chi connectivity index (χ4n) is 2.27. The quantitative estimate of drug-likeness (QED) is 0.626. The molecular formula is C15H21NO2S. The van der Waals surface area contributed by atoms with E-state index < -0.39 is 5.54 Å². The van der Waals surface area contributed by atoms with Crippen molar-refractivity contribution < 1.29 is 9.53 Å². The smallest absolute Gasteiger partial charge is 0.139 e. The van der Waals surface area contributed by atoms with Crippen molar-refractivity contribution in [2.24, 2.45) is 0 Å². The lowest BCUT2D eigenvalue weighted by Gasteiger charge is -2.40. The maximum atomic E-state index is 11.2. The van der Waals surface area contributed by atoms with Crippen LogP contribution >= 0.6 is 11.8 Å². The molecule has 1 fully saturated rings. The molecule has 1 aliphatic heterocycles. The van der Waals surface area contributed by atoms with E-state index in [0.717, 1.165) is 19.4 Å². The van der Waals surface area contributed by atoms with Gasteiger partial charge in [0, 0.05) is 18.0 Å². The van der Waals surface area contributed by atoms with Crippen LogP contribution in [0.3, 0.4) is 0 Å². The monoisotopic (exact) mass is 279 g/mol. The predicted molar refractivity (Wildman–Crippen MR) is 78.6 cm³/mol. The van der Waals surface area contributed by atoms with Crippen LogP contribution in [0.5, 0.6) is 0 Å². The van der Waals surface area contributed by atoms with Gasteiger partial charge in [0.15, 0.2) is 0 Å². The molecule has 3 nitrogen and oxygen atoms in total. The second-order valence-corrected chi connectivity index (χ2v) is 6.23. The van der Waals surface area contributed by atoms with Crippen molar-refractivity contribution in [1.29, 1.82) is 0 Å². The molecule has 1 atom stereocenters. The Morgan fingerprint density at radius 2 is 2.05 bits per heavy atom. The molecular weight excluding hydrogens is 258 g/mol. The number of benzene rings is 1. The molecule has 1 heterocycles. The zero-order chi connectivity index (χ0) is 13.9. The molecule has 0 bridgehead atoms. The minimum absolute atomic E-state index is 0.0591. The van der Waals surface area contributed by atoms with Gasteiger partial charge in [0.05, 0.1) is 18.2 Å². The average molecular weight is 279 g/mol. The van der Waals surface area contributed by atoms with Gasteiger partial charge in [0.2, 0.25) is 0 Å². The summed E-state index contributed by atoms with van der Waals surface area (Å²) < 4.78 is 5.84. The van der Waals surface area contributed by atoms with E-state index in [9.17, 15) is 4.79 Å². The number of rotatable bonds is 4. The van der Waals surface area contributed by atoms with Crippen LogP contribution in [0.2, 0.25) is 0 Å². The van der Waals surface area contributed by atoms with Crippen molar-refractivity contribution >= 4 is 18.0 Å². The molecule has 0 spiro atoms. The van der Waals surface area contributed by atoms with Crippen molar-refractivity contribution in [1.82, 2.24) is 4.90 Å². The number of ether oxygens (including phenoxy) is 1. The third kappa shape index (κ3) is 3.38. The third-order valence-electron chi connectivity index (χ3n) is 3.66. The van der Waals surface area contributed by atoms with Crippen molar-refractivity contribution in [3.63, 3.8) is 0 Å². The van der Waals surface area contributed by atoms with E-state index in [4.69, 9.17) is 4.74 Å². The summed E-state index contributed by atoms with van der Waals surface area (Å²) in [5, 5.41) is 0. The zero-order valence-corrected chi connectivity index (χ0v) is 12.6. The Bertz CT molecular complexity index is 430. The van der Waals surface area contributed by atoms with Gasteiger partial charge in [0.1, 0.15) is 6.29 Å². The summed E-state index contributed by atoms with van der Waals surface area (Å²) in [6.45, 7) is 6.17. The number of carbonyl (C=O) groups excluding carboxylic acids is 1. The molecule has 0 aliphatic carbocycles. The van der Waals surface area contributed by atoms with E-state index in [1.165, 1.54) is 10.5 Å².